The highest BCUT2D eigenvalue weighted by atomic mass is 16.5. The Morgan fingerprint density at radius 1 is 1.03 bits per heavy atom. The van der Waals surface area contributed by atoms with Crippen LogP contribution in [-0.2, 0) is 7.05 Å². The van der Waals surface area contributed by atoms with Gasteiger partial charge in [0.15, 0.2) is 11.5 Å². The Morgan fingerprint density at radius 3 is 2.34 bits per heavy atom. The molecule has 8 heteroatoms. The molecule has 1 unspecified atom stereocenters. The van der Waals surface area contributed by atoms with Gasteiger partial charge in [-0.05, 0) is 49.1 Å². The Bertz CT molecular complexity index is 1070. The van der Waals surface area contributed by atoms with E-state index in [2.05, 4.69) is 4.98 Å². The van der Waals surface area contributed by atoms with Crippen molar-refractivity contribution in [2.45, 2.75) is 25.3 Å². The SMILES string of the molecule is COc1cc(C(=O)N2CCCCC2c2nn(C)cc2-c2ccncc2)cc(OC)c1OC. The van der Waals surface area contributed by atoms with Gasteiger partial charge in [0, 0.05) is 43.3 Å². The average Bonchev–Trinajstić information content (AvgIpc) is 3.24. The van der Waals surface area contributed by atoms with Crippen molar-refractivity contribution in [1.29, 1.82) is 0 Å². The van der Waals surface area contributed by atoms with Gasteiger partial charge in [-0.15, -0.1) is 0 Å². The predicted molar refractivity (Wildman–Crippen MR) is 120 cm³/mol. The van der Waals surface area contributed by atoms with E-state index in [0.717, 1.165) is 36.1 Å². The first-order chi connectivity index (χ1) is 15.6. The number of hydrogen-bond donors (Lipinski definition) is 0. The highest BCUT2D eigenvalue weighted by Gasteiger charge is 2.33. The van der Waals surface area contributed by atoms with Crippen LogP contribution in [0.3, 0.4) is 0 Å². The van der Waals surface area contributed by atoms with Crippen molar-refractivity contribution < 1.29 is 19.0 Å². The maximum atomic E-state index is 13.7. The van der Waals surface area contributed by atoms with Crippen LogP contribution >= 0.6 is 0 Å². The molecule has 1 saturated heterocycles. The number of rotatable bonds is 6. The molecule has 0 aliphatic carbocycles. The fourth-order valence-electron chi connectivity index (χ4n) is 4.33. The van der Waals surface area contributed by atoms with Crippen LogP contribution in [0.15, 0.2) is 42.9 Å². The van der Waals surface area contributed by atoms with Crippen LogP contribution in [0.25, 0.3) is 11.1 Å². The molecule has 1 atom stereocenters. The Morgan fingerprint density at radius 2 is 1.72 bits per heavy atom. The number of pyridine rings is 1. The van der Waals surface area contributed by atoms with E-state index >= 15 is 0 Å². The van der Waals surface area contributed by atoms with Crippen molar-refractivity contribution >= 4 is 5.91 Å². The molecule has 0 spiro atoms. The van der Waals surface area contributed by atoms with Crippen LogP contribution in [0.2, 0.25) is 0 Å². The fraction of sp³-hybridized carbons (Fsp3) is 0.375. The first-order valence-electron chi connectivity index (χ1n) is 10.6. The Balaban J connectivity index is 1.74. The van der Waals surface area contributed by atoms with Crippen LogP contribution in [0.4, 0.5) is 0 Å². The number of methoxy groups -OCH3 is 3. The molecule has 0 bridgehead atoms. The molecule has 1 aliphatic heterocycles. The molecule has 0 saturated carbocycles. The normalized spacial score (nSPS) is 16.0. The monoisotopic (exact) mass is 436 g/mol. The molecular weight excluding hydrogens is 408 g/mol. The molecule has 0 N–H and O–H groups in total. The van der Waals surface area contributed by atoms with Crippen molar-refractivity contribution in [2.24, 2.45) is 7.05 Å². The van der Waals surface area contributed by atoms with Crippen molar-refractivity contribution in [1.82, 2.24) is 19.7 Å². The van der Waals surface area contributed by atoms with Gasteiger partial charge in [-0.1, -0.05) is 0 Å². The minimum Gasteiger partial charge on any atom is -0.493 e. The Labute approximate surface area is 187 Å². The summed E-state index contributed by atoms with van der Waals surface area (Å²) in [6.07, 6.45) is 8.38. The fourth-order valence-corrected chi connectivity index (χ4v) is 4.33. The molecule has 1 fully saturated rings. The van der Waals surface area contributed by atoms with Gasteiger partial charge in [0.1, 0.15) is 0 Å². The highest BCUT2D eigenvalue weighted by Crippen LogP contribution is 2.41. The van der Waals surface area contributed by atoms with E-state index in [1.165, 1.54) is 0 Å². The summed E-state index contributed by atoms with van der Waals surface area (Å²) in [7, 11) is 6.54. The summed E-state index contributed by atoms with van der Waals surface area (Å²) < 4.78 is 18.1. The molecule has 2 aromatic heterocycles. The molecule has 4 rings (SSSR count). The Hall–Kier alpha value is -3.55. The number of nitrogens with zero attached hydrogens (tertiary/aromatic N) is 4. The zero-order valence-corrected chi connectivity index (χ0v) is 18.9. The van der Waals surface area contributed by atoms with E-state index in [1.54, 1.807) is 45.9 Å². The van der Waals surface area contributed by atoms with E-state index in [0.29, 0.717) is 29.4 Å². The topological polar surface area (TPSA) is 78.7 Å². The van der Waals surface area contributed by atoms with Crippen LogP contribution in [0.1, 0.15) is 41.4 Å². The lowest BCUT2D eigenvalue weighted by Gasteiger charge is -2.35. The maximum Gasteiger partial charge on any atom is 0.254 e. The number of hydrogen-bond acceptors (Lipinski definition) is 6. The molecule has 168 valence electrons. The van der Waals surface area contributed by atoms with Gasteiger partial charge in [-0.2, -0.15) is 5.10 Å². The van der Waals surface area contributed by atoms with Gasteiger partial charge >= 0.3 is 0 Å². The summed E-state index contributed by atoms with van der Waals surface area (Å²) in [5.74, 6) is 1.30. The second kappa shape index (κ2) is 9.30. The van der Waals surface area contributed by atoms with E-state index in [4.69, 9.17) is 19.3 Å². The molecule has 3 aromatic rings. The number of piperidine rings is 1. The molecule has 32 heavy (non-hydrogen) atoms. The third-order valence-electron chi connectivity index (χ3n) is 5.84. The number of carbonyl (C=O) groups is 1. The summed E-state index contributed by atoms with van der Waals surface area (Å²) in [6, 6.07) is 7.22. The number of likely N-dealkylation sites (tertiary alicyclic amines) is 1. The lowest BCUT2D eigenvalue weighted by Crippen LogP contribution is -2.39. The third kappa shape index (κ3) is 4.00. The van der Waals surface area contributed by atoms with E-state index in [9.17, 15) is 4.79 Å². The molecule has 1 aliphatic rings. The zero-order valence-electron chi connectivity index (χ0n) is 18.9. The lowest BCUT2D eigenvalue weighted by molar-refractivity contribution is 0.0605. The summed E-state index contributed by atoms with van der Waals surface area (Å²) >= 11 is 0. The molecular formula is C24H28N4O4. The summed E-state index contributed by atoms with van der Waals surface area (Å²) in [4.78, 5) is 19.7. The molecule has 1 aromatic carbocycles. The smallest absolute Gasteiger partial charge is 0.254 e. The van der Waals surface area contributed by atoms with Crippen molar-refractivity contribution in [3.8, 4) is 28.4 Å². The number of amides is 1. The van der Waals surface area contributed by atoms with Gasteiger partial charge in [-0.3, -0.25) is 14.5 Å². The van der Waals surface area contributed by atoms with Gasteiger partial charge in [0.25, 0.3) is 5.91 Å². The standard InChI is InChI=1S/C24H28N4O4/c1-27-15-18(16-8-10-25-11-9-16)22(26-27)19-7-5-6-12-28(19)24(29)17-13-20(30-2)23(32-4)21(14-17)31-3/h8-11,13-15,19H,5-7,12H2,1-4H3. The van der Waals surface area contributed by atoms with E-state index in [1.807, 2.05) is 35.0 Å². The van der Waals surface area contributed by atoms with Crippen molar-refractivity contribution in [2.75, 3.05) is 27.9 Å². The first kappa shape index (κ1) is 21.7. The van der Waals surface area contributed by atoms with Gasteiger partial charge in [-0.25, -0.2) is 0 Å². The highest BCUT2D eigenvalue weighted by molar-refractivity contribution is 5.96. The largest absolute Gasteiger partial charge is 0.493 e. The van der Waals surface area contributed by atoms with Gasteiger partial charge < -0.3 is 19.1 Å². The minimum atomic E-state index is -0.125. The summed E-state index contributed by atoms with van der Waals surface area (Å²) in [5.41, 5.74) is 3.45. The number of ether oxygens (including phenoxy) is 3. The van der Waals surface area contributed by atoms with E-state index in [-0.39, 0.29) is 11.9 Å². The van der Waals surface area contributed by atoms with Crippen LogP contribution in [0, 0.1) is 0 Å². The van der Waals surface area contributed by atoms with Crippen molar-refractivity contribution in [3.05, 3.63) is 54.1 Å². The minimum absolute atomic E-state index is 0.0831. The quantitative estimate of drug-likeness (QED) is 0.584. The van der Waals surface area contributed by atoms with Crippen LogP contribution in [0.5, 0.6) is 17.2 Å². The molecule has 3 heterocycles. The predicted octanol–water partition coefficient (Wildman–Crippen LogP) is 3.88. The van der Waals surface area contributed by atoms with Crippen LogP contribution in [-0.4, -0.2) is 53.4 Å². The number of carbonyl (C=O) groups excluding carboxylic acids is 1. The average molecular weight is 437 g/mol. The molecule has 8 nitrogen and oxygen atoms in total. The number of aryl methyl sites for hydroxylation is 1. The number of benzene rings is 1. The zero-order chi connectivity index (χ0) is 22.7. The van der Waals surface area contributed by atoms with E-state index < -0.39 is 0 Å². The lowest BCUT2D eigenvalue weighted by atomic mass is 9.94. The van der Waals surface area contributed by atoms with Gasteiger partial charge in [0.05, 0.1) is 33.1 Å². The van der Waals surface area contributed by atoms with Crippen LogP contribution < -0.4 is 14.2 Å². The first-order valence-corrected chi connectivity index (χ1v) is 10.6. The van der Waals surface area contributed by atoms with Crippen molar-refractivity contribution in [3.63, 3.8) is 0 Å². The van der Waals surface area contributed by atoms with Gasteiger partial charge in [0.2, 0.25) is 5.75 Å². The second-order valence-electron chi connectivity index (χ2n) is 7.76. The number of aromatic nitrogens is 3. The third-order valence-corrected chi connectivity index (χ3v) is 5.84. The summed E-state index contributed by atoms with van der Waals surface area (Å²) in [6.45, 7) is 0.659. The molecule has 1 amide bonds. The molecule has 0 radical (unpaired) electrons. The summed E-state index contributed by atoms with van der Waals surface area (Å²) in [5, 5.41) is 4.76. The Kier molecular flexibility index (Phi) is 6.30. The second-order valence-corrected chi connectivity index (χ2v) is 7.76. The maximum absolute atomic E-state index is 13.7.